The fourth-order valence-electron chi connectivity index (χ4n) is 7.07. The lowest BCUT2D eigenvalue weighted by molar-refractivity contribution is -0.161. The topological polar surface area (TPSA) is 72.8 Å². The number of carbonyl (C=O) groups excluding carboxylic acids is 2. The standard InChI is InChI=1S/C49H92O5/c1-3-5-7-9-11-13-15-17-19-21-23-24-26-28-30-32-34-36-38-40-42-44-49(52)54-47(45-50)46-53-48(51)43-41-39-37-35-33-31-29-27-25-22-20-18-16-14-12-10-8-6-4-2/h17-20,47,50H,3-16,21-46H2,1-2H3/t47-/m0/s1. The molecule has 0 rings (SSSR count). The molecule has 0 amide bonds. The number of unbranched alkanes of at least 4 members (excludes halogenated alkanes) is 32. The third kappa shape index (κ3) is 43.1. The van der Waals surface area contributed by atoms with Gasteiger partial charge in [0, 0.05) is 12.8 Å². The summed E-state index contributed by atoms with van der Waals surface area (Å²) < 4.78 is 10.7. The molecule has 0 aliphatic heterocycles. The fourth-order valence-corrected chi connectivity index (χ4v) is 7.07. The summed E-state index contributed by atoms with van der Waals surface area (Å²) in [5.74, 6) is -0.582. The van der Waals surface area contributed by atoms with E-state index in [4.69, 9.17) is 9.47 Å². The predicted octanol–water partition coefficient (Wildman–Crippen LogP) is 15.4. The number of ether oxygens (including phenoxy) is 2. The first-order valence-corrected chi connectivity index (χ1v) is 23.9. The second kappa shape index (κ2) is 45.8. The number of allylic oxidation sites excluding steroid dienone is 4. The number of rotatable bonds is 44. The SMILES string of the molecule is CCCCCCCCC=CCCCCCCCCCCCCCC(=O)O[C@@H](CO)COC(=O)CCCCCCCCCCCC=CCCCCCCCC. The number of hydrogen-bond acceptors (Lipinski definition) is 5. The molecular formula is C49H92O5. The van der Waals surface area contributed by atoms with Crippen LogP contribution in [-0.2, 0) is 19.1 Å². The van der Waals surface area contributed by atoms with E-state index in [2.05, 4.69) is 38.2 Å². The molecule has 0 aromatic rings. The maximum atomic E-state index is 12.2. The lowest BCUT2D eigenvalue weighted by atomic mass is 10.0. The van der Waals surface area contributed by atoms with Crippen LogP contribution in [0.1, 0.15) is 258 Å². The van der Waals surface area contributed by atoms with E-state index in [-0.39, 0.29) is 25.2 Å². The van der Waals surface area contributed by atoms with E-state index in [0.29, 0.717) is 12.8 Å². The third-order valence-corrected chi connectivity index (χ3v) is 10.7. The summed E-state index contributed by atoms with van der Waals surface area (Å²) in [6, 6.07) is 0. The summed E-state index contributed by atoms with van der Waals surface area (Å²) in [7, 11) is 0. The summed E-state index contributed by atoms with van der Waals surface area (Å²) in [4.78, 5) is 24.4. The van der Waals surface area contributed by atoms with Crippen molar-refractivity contribution >= 4 is 11.9 Å². The van der Waals surface area contributed by atoms with Gasteiger partial charge in [0.2, 0.25) is 0 Å². The van der Waals surface area contributed by atoms with Crippen LogP contribution in [0, 0.1) is 0 Å². The van der Waals surface area contributed by atoms with Gasteiger partial charge in [0.15, 0.2) is 6.10 Å². The zero-order chi connectivity index (χ0) is 39.3. The third-order valence-electron chi connectivity index (χ3n) is 10.7. The molecule has 0 unspecified atom stereocenters. The maximum Gasteiger partial charge on any atom is 0.306 e. The molecule has 0 spiro atoms. The first-order chi connectivity index (χ1) is 26.6. The Balaban J connectivity index is 3.48. The highest BCUT2D eigenvalue weighted by molar-refractivity contribution is 5.70. The molecule has 0 saturated heterocycles. The Labute approximate surface area is 336 Å². The van der Waals surface area contributed by atoms with E-state index in [1.165, 1.54) is 193 Å². The van der Waals surface area contributed by atoms with Crippen molar-refractivity contribution < 1.29 is 24.2 Å². The first kappa shape index (κ1) is 52.4. The van der Waals surface area contributed by atoms with Gasteiger partial charge in [-0.05, 0) is 64.2 Å². The van der Waals surface area contributed by atoms with Crippen LogP contribution in [0.2, 0.25) is 0 Å². The molecular weight excluding hydrogens is 669 g/mol. The van der Waals surface area contributed by atoms with Gasteiger partial charge in [-0.3, -0.25) is 9.59 Å². The molecule has 0 aliphatic rings. The van der Waals surface area contributed by atoms with Crippen molar-refractivity contribution in [3.05, 3.63) is 24.3 Å². The Morgan fingerprint density at radius 3 is 1.00 bits per heavy atom. The minimum atomic E-state index is -0.769. The molecule has 0 aromatic heterocycles. The summed E-state index contributed by atoms with van der Waals surface area (Å²) in [5, 5.41) is 9.61. The largest absolute Gasteiger partial charge is 0.462 e. The Kier molecular flexibility index (Phi) is 44.4. The summed E-state index contributed by atoms with van der Waals surface area (Å²) in [5.41, 5.74) is 0. The second-order valence-corrected chi connectivity index (χ2v) is 16.2. The second-order valence-electron chi connectivity index (χ2n) is 16.2. The van der Waals surface area contributed by atoms with Gasteiger partial charge in [0.1, 0.15) is 6.61 Å². The zero-order valence-electron chi connectivity index (χ0n) is 36.3. The van der Waals surface area contributed by atoms with Crippen LogP contribution in [0.5, 0.6) is 0 Å². The highest BCUT2D eigenvalue weighted by atomic mass is 16.6. The van der Waals surface area contributed by atoms with Gasteiger partial charge in [0.05, 0.1) is 6.61 Å². The molecule has 5 nitrogen and oxygen atoms in total. The Morgan fingerprint density at radius 2 is 0.685 bits per heavy atom. The van der Waals surface area contributed by atoms with Crippen LogP contribution in [0.4, 0.5) is 0 Å². The number of hydrogen-bond donors (Lipinski definition) is 1. The normalized spacial score (nSPS) is 12.3. The van der Waals surface area contributed by atoms with Gasteiger partial charge in [0.25, 0.3) is 0 Å². The van der Waals surface area contributed by atoms with Gasteiger partial charge in [-0.2, -0.15) is 0 Å². The van der Waals surface area contributed by atoms with Crippen molar-refractivity contribution in [2.45, 2.75) is 264 Å². The van der Waals surface area contributed by atoms with Crippen LogP contribution < -0.4 is 0 Å². The summed E-state index contributed by atoms with van der Waals surface area (Å²) in [6.07, 6.45) is 55.4. The molecule has 0 aliphatic carbocycles. The van der Waals surface area contributed by atoms with E-state index >= 15 is 0 Å². The van der Waals surface area contributed by atoms with Crippen molar-refractivity contribution in [3.63, 3.8) is 0 Å². The zero-order valence-corrected chi connectivity index (χ0v) is 36.3. The predicted molar refractivity (Wildman–Crippen MR) is 233 cm³/mol. The fraction of sp³-hybridized carbons (Fsp3) is 0.878. The van der Waals surface area contributed by atoms with Crippen molar-refractivity contribution in [1.29, 1.82) is 0 Å². The highest BCUT2D eigenvalue weighted by Gasteiger charge is 2.16. The van der Waals surface area contributed by atoms with Gasteiger partial charge in [-0.1, -0.05) is 205 Å². The summed E-state index contributed by atoms with van der Waals surface area (Å²) in [6.45, 7) is 4.16. The molecule has 1 atom stereocenters. The Bertz CT molecular complexity index is 821. The monoisotopic (exact) mass is 761 g/mol. The molecule has 0 aromatic carbocycles. The molecule has 0 fully saturated rings. The number of esters is 2. The van der Waals surface area contributed by atoms with Gasteiger partial charge in [-0.25, -0.2) is 0 Å². The lowest BCUT2D eigenvalue weighted by Crippen LogP contribution is -2.28. The van der Waals surface area contributed by atoms with Crippen molar-refractivity contribution in [3.8, 4) is 0 Å². The summed E-state index contributed by atoms with van der Waals surface area (Å²) >= 11 is 0. The molecule has 5 heteroatoms. The van der Waals surface area contributed by atoms with Crippen LogP contribution in [0.25, 0.3) is 0 Å². The smallest absolute Gasteiger partial charge is 0.306 e. The Morgan fingerprint density at radius 1 is 0.407 bits per heavy atom. The molecule has 1 N–H and O–H groups in total. The van der Waals surface area contributed by atoms with Crippen molar-refractivity contribution in [1.82, 2.24) is 0 Å². The first-order valence-electron chi connectivity index (χ1n) is 23.9. The molecule has 0 bridgehead atoms. The average Bonchev–Trinajstić information content (AvgIpc) is 3.17. The number of carbonyl (C=O) groups is 2. The van der Waals surface area contributed by atoms with E-state index < -0.39 is 6.10 Å². The molecule has 0 saturated carbocycles. The molecule has 54 heavy (non-hydrogen) atoms. The maximum absolute atomic E-state index is 12.2. The van der Waals surface area contributed by atoms with Crippen LogP contribution in [0.3, 0.4) is 0 Å². The molecule has 0 radical (unpaired) electrons. The number of aliphatic hydroxyl groups is 1. The minimum absolute atomic E-state index is 0.0631. The van der Waals surface area contributed by atoms with Gasteiger partial charge in [-0.15, -0.1) is 0 Å². The van der Waals surface area contributed by atoms with Crippen LogP contribution in [0.15, 0.2) is 24.3 Å². The van der Waals surface area contributed by atoms with Gasteiger partial charge < -0.3 is 14.6 Å². The van der Waals surface area contributed by atoms with E-state index in [1.54, 1.807) is 0 Å². The minimum Gasteiger partial charge on any atom is -0.462 e. The van der Waals surface area contributed by atoms with Crippen molar-refractivity contribution in [2.24, 2.45) is 0 Å². The Hall–Kier alpha value is -1.62. The lowest BCUT2D eigenvalue weighted by Gasteiger charge is -2.15. The van der Waals surface area contributed by atoms with E-state index in [0.717, 1.165) is 38.5 Å². The van der Waals surface area contributed by atoms with E-state index in [1.807, 2.05) is 0 Å². The van der Waals surface area contributed by atoms with Crippen LogP contribution >= 0.6 is 0 Å². The van der Waals surface area contributed by atoms with E-state index in [9.17, 15) is 14.7 Å². The van der Waals surface area contributed by atoms with Gasteiger partial charge >= 0.3 is 11.9 Å². The quantitative estimate of drug-likeness (QED) is 0.0380. The molecule has 318 valence electrons. The number of aliphatic hydroxyl groups excluding tert-OH is 1. The van der Waals surface area contributed by atoms with Crippen LogP contribution in [-0.4, -0.2) is 36.4 Å². The average molecular weight is 761 g/mol. The highest BCUT2D eigenvalue weighted by Crippen LogP contribution is 2.15. The molecule has 0 heterocycles. The van der Waals surface area contributed by atoms with Crippen molar-refractivity contribution in [2.75, 3.05) is 13.2 Å².